The number of unbranched alkanes of at least 4 members (excludes halogenated alkanes) is 2. The second-order valence-corrected chi connectivity index (χ2v) is 10.3. The molecule has 0 atom stereocenters. The number of ether oxygens (including phenoxy) is 3. The SMILES string of the molecule is CCCCOc1ccc(-c2ccc(OC(=O)c3ccc(C4CCC(OCCCC)CC4)c(F)c3F)cc2)c(F)c1. The van der Waals surface area contributed by atoms with Crippen molar-refractivity contribution in [1.29, 1.82) is 0 Å². The van der Waals surface area contributed by atoms with E-state index in [-0.39, 0.29) is 23.3 Å². The van der Waals surface area contributed by atoms with E-state index < -0.39 is 29.0 Å². The summed E-state index contributed by atoms with van der Waals surface area (Å²) in [6.07, 6.45) is 7.15. The first-order valence-corrected chi connectivity index (χ1v) is 14.3. The molecule has 0 radical (unpaired) electrons. The molecule has 1 aliphatic carbocycles. The van der Waals surface area contributed by atoms with Crippen LogP contribution in [0.4, 0.5) is 13.2 Å². The summed E-state index contributed by atoms with van der Waals surface area (Å²) < 4.78 is 61.4. The zero-order chi connectivity index (χ0) is 28.5. The highest BCUT2D eigenvalue weighted by Gasteiger charge is 2.28. The highest BCUT2D eigenvalue weighted by molar-refractivity contribution is 5.91. The van der Waals surface area contributed by atoms with Crippen LogP contribution in [0, 0.1) is 17.5 Å². The molecular formula is C33H37F3O4. The Morgan fingerprint density at radius 1 is 0.800 bits per heavy atom. The van der Waals surface area contributed by atoms with Gasteiger partial charge in [0.2, 0.25) is 0 Å². The third-order valence-corrected chi connectivity index (χ3v) is 7.38. The molecule has 4 nitrogen and oxygen atoms in total. The molecule has 0 bridgehead atoms. The third kappa shape index (κ3) is 7.45. The van der Waals surface area contributed by atoms with E-state index in [1.165, 1.54) is 30.3 Å². The van der Waals surface area contributed by atoms with E-state index >= 15 is 4.39 Å². The summed E-state index contributed by atoms with van der Waals surface area (Å²) >= 11 is 0. The number of esters is 1. The zero-order valence-corrected chi connectivity index (χ0v) is 23.2. The number of hydrogen-bond donors (Lipinski definition) is 0. The Morgan fingerprint density at radius 3 is 2.15 bits per heavy atom. The van der Waals surface area contributed by atoms with Gasteiger partial charge in [-0.25, -0.2) is 18.0 Å². The Bertz CT molecular complexity index is 1270. The Balaban J connectivity index is 1.37. The number of rotatable bonds is 12. The molecule has 0 aromatic heterocycles. The Labute approximate surface area is 234 Å². The average molecular weight is 555 g/mol. The smallest absolute Gasteiger partial charge is 0.346 e. The molecule has 40 heavy (non-hydrogen) atoms. The van der Waals surface area contributed by atoms with Crippen LogP contribution < -0.4 is 9.47 Å². The summed E-state index contributed by atoms with van der Waals surface area (Å²) in [5, 5.41) is 0. The van der Waals surface area contributed by atoms with Crippen LogP contribution in [0.15, 0.2) is 54.6 Å². The molecule has 0 spiro atoms. The Hall–Kier alpha value is -3.32. The second kappa shape index (κ2) is 14.4. The highest BCUT2D eigenvalue weighted by Crippen LogP contribution is 2.36. The molecule has 0 saturated heterocycles. The van der Waals surface area contributed by atoms with Gasteiger partial charge in [0, 0.05) is 18.2 Å². The summed E-state index contributed by atoms with van der Waals surface area (Å²) in [6.45, 7) is 5.42. The van der Waals surface area contributed by atoms with Crippen molar-refractivity contribution >= 4 is 5.97 Å². The van der Waals surface area contributed by atoms with Crippen LogP contribution >= 0.6 is 0 Å². The van der Waals surface area contributed by atoms with E-state index in [1.807, 2.05) is 0 Å². The summed E-state index contributed by atoms with van der Waals surface area (Å²) in [4.78, 5) is 12.7. The number of carbonyl (C=O) groups excluding carboxylic acids is 1. The van der Waals surface area contributed by atoms with Crippen LogP contribution in [0.1, 0.15) is 87.1 Å². The van der Waals surface area contributed by atoms with Crippen LogP contribution in [0.25, 0.3) is 11.1 Å². The van der Waals surface area contributed by atoms with E-state index in [0.717, 1.165) is 45.1 Å². The van der Waals surface area contributed by atoms with E-state index in [2.05, 4.69) is 13.8 Å². The number of halogens is 3. The first kappa shape index (κ1) is 29.7. The summed E-state index contributed by atoms with van der Waals surface area (Å²) in [6, 6.07) is 13.6. The van der Waals surface area contributed by atoms with Gasteiger partial charge in [-0.15, -0.1) is 0 Å². The number of hydrogen-bond acceptors (Lipinski definition) is 4. The van der Waals surface area contributed by atoms with Gasteiger partial charge in [-0.05, 0) is 85.9 Å². The lowest BCUT2D eigenvalue weighted by molar-refractivity contribution is 0.0230. The molecule has 0 heterocycles. The molecule has 214 valence electrons. The molecule has 3 aromatic carbocycles. The van der Waals surface area contributed by atoms with Gasteiger partial charge in [-0.1, -0.05) is 44.9 Å². The van der Waals surface area contributed by atoms with Gasteiger partial charge in [0.05, 0.1) is 18.3 Å². The van der Waals surface area contributed by atoms with E-state index in [9.17, 15) is 13.6 Å². The zero-order valence-electron chi connectivity index (χ0n) is 23.2. The molecule has 1 saturated carbocycles. The average Bonchev–Trinajstić information content (AvgIpc) is 2.96. The first-order chi connectivity index (χ1) is 19.4. The fraction of sp³-hybridized carbons (Fsp3) is 0.424. The quantitative estimate of drug-likeness (QED) is 0.127. The maximum absolute atomic E-state index is 15.0. The van der Waals surface area contributed by atoms with Gasteiger partial charge in [0.1, 0.15) is 17.3 Å². The van der Waals surface area contributed by atoms with Crippen molar-refractivity contribution in [3.63, 3.8) is 0 Å². The Kier molecular flexibility index (Phi) is 10.6. The summed E-state index contributed by atoms with van der Waals surface area (Å²) in [7, 11) is 0. The maximum atomic E-state index is 15.0. The minimum absolute atomic E-state index is 0.115. The van der Waals surface area contributed by atoms with Crippen molar-refractivity contribution in [3.05, 3.63) is 83.2 Å². The van der Waals surface area contributed by atoms with Crippen molar-refractivity contribution in [3.8, 4) is 22.6 Å². The lowest BCUT2D eigenvalue weighted by atomic mass is 9.82. The molecule has 0 unspecified atom stereocenters. The standard InChI is InChI=1S/C33H37F3O4/c1-3-5-19-38-24-11-7-23(8-12-24)28-17-18-29(32(36)31(28)35)33(37)40-25-13-9-22(10-14-25)27-16-15-26(21-30(27)34)39-20-6-4-2/h9-10,13-18,21,23-24H,3-8,11-12,19-20H2,1-2H3. The van der Waals surface area contributed by atoms with Gasteiger partial charge >= 0.3 is 5.97 Å². The molecule has 0 aliphatic heterocycles. The van der Waals surface area contributed by atoms with Crippen LogP contribution in [-0.2, 0) is 4.74 Å². The van der Waals surface area contributed by atoms with Crippen molar-refractivity contribution < 1.29 is 32.2 Å². The molecule has 3 aromatic rings. The Morgan fingerprint density at radius 2 is 1.48 bits per heavy atom. The predicted molar refractivity (Wildman–Crippen MR) is 149 cm³/mol. The lowest BCUT2D eigenvalue weighted by Crippen LogP contribution is -2.22. The lowest BCUT2D eigenvalue weighted by Gasteiger charge is -2.29. The molecule has 0 N–H and O–H groups in total. The molecule has 1 fully saturated rings. The van der Waals surface area contributed by atoms with Crippen molar-refractivity contribution in [2.24, 2.45) is 0 Å². The predicted octanol–water partition coefficient (Wildman–Crippen LogP) is 9.01. The van der Waals surface area contributed by atoms with Crippen molar-refractivity contribution in [1.82, 2.24) is 0 Å². The topological polar surface area (TPSA) is 44.8 Å². The molecule has 7 heteroatoms. The fourth-order valence-electron chi connectivity index (χ4n) is 4.99. The van der Waals surface area contributed by atoms with Gasteiger partial charge in [-0.2, -0.15) is 0 Å². The van der Waals surface area contributed by atoms with E-state index in [0.29, 0.717) is 36.3 Å². The maximum Gasteiger partial charge on any atom is 0.346 e. The summed E-state index contributed by atoms with van der Waals surface area (Å²) in [5.74, 6) is -3.15. The third-order valence-electron chi connectivity index (χ3n) is 7.38. The van der Waals surface area contributed by atoms with E-state index in [4.69, 9.17) is 14.2 Å². The number of benzene rings is 3. The van der Waals surface area contributed by atoms with Crippen LogP contribution in [0.3, 0.4) is 0 Å². The molecular weight excluding hydrogens is 517 g/mol. The second-order valence-electron chi connectivity index (χ2n) is 10.3. The van der Waals surface area contributed by atoms with Gasteiger partial charge < -0.3 is 14.2 Å². The van der Waals surface area contributed by atoms with Gasteiger partial charge in [0.15, 0.2) is 11.6 Å². The van der Waals surface area contributed by atoms with Gasteiger partial charge in [-0.3, -0.25) is 0 Å². The molecule has 0 amide bonds. The van der Waals surface area contributed by atoms with Crippen LogP contribution in [0.5, 0.6) is 11.5 Å². The van der Waals surface area contributed by atoms with Gasteiger partial charge in [0.25, 0.3) is 0 Å². The van der Waals surface area contributed by atoms with Crippen molar-refractivity contribution in [2.45, 2.75) is 77.2 Å². The highest BCUT2D eigenvalue weighted by atomic mass is 19.2. The minimum atomic E-state index is -1.20. The first-order valence-electron chi connectivity index (χ1n) is 14.3. The molecule has 4 rings (SSSR count). The normalized spacial score (nSPS) is 17.0. The van der Waals surface area contributed by atoms with Crippen LogP contribution in [0.2, 0.25) is 0 Å². The number of carbonyl (C=O) groups is 1. The van der Waals surface area contributed by atoms with Crippen LogP contribution in [-0.4, -0.2) is 25.3 Å². The van der Waals surface area contributed by atoms with Crippen molar-refractivity contribution in [2.75, 3.05) is 13.2 Å². The van der Waals surface area contributed by atoms with E-state index in [1.54, 1.807) is 24.3 Å². The summed E-state index contributed by atoms with van der Waals surface area (Å²) in [5.41, 5.74) is 0.760. The molecule has 1 aliphatic rings. The minimum Gasteiger partial charge on any atom is -0.493 e. The fourth-order valence-corrected chi connectivity index (χ4v) is 4.99. The largest absolute Gasteiger partial charge is 0.493 e. The monoisotopic (exact) mass is 554 g/mol.